The number of nitrogens with one attached hydrogen (secondary N) is 2. The zero-order chi connectivity index (χ0) is 16.9. The van der Waals surface area contributed by atoms with E-state index >= 15 is 0 Å². The second kappa shape index (κ2) is 8.55. The minimum absolute atomic E-state index is 0.589. The van der Waals surface area contributed by atoms with Crippen LogP contribution < -0.4 is 10.6 Å². The van der Waals surface area contributed by atoms with E-state index in [1.165, 1.54) is 71.0 Å². The molecule has 0 amide bonds. The summed E-state index contributed by atoms with van der Waals surface area (Å²) in [6.45, 7) is 8.32. The molecule has 24 heavy (non-hydrogen) atoms. The monoisotopic (exact) mass is 334 g/mol. The molecule has 2 aliphatic carbocycles. The van der Waals surface area contributed by atoms with Crippen LogP contribution in [0.25, 0.3) is 0 Å². The molecule has 3 fully saturated rings. The average molecular weight is 335 g/mol. The molecular formula is C20H38N4. The molecule has 138 valence electrons. The summed E-state index contributed by atoms with van der Waals surface area (Å²) >= 11 is 0. The molecule has 2 saturated carbocycles. The van der Waals surface area contributed by atoms with E-state index in [4.69, 9.17) is 0 Å². The molecule has 3 rings (SSSR count). The lowest BCUT2D eigenvalue weighted by atomic mass is 9.85. The maximum Gasteiger partial charge on any atom is 0.191 e. The van der Waals surface area contributed by atoms with Crippen LogP contribution in [0.5, 0.6) is 0 Å². The van der Waals surface area contributed by atoms with Gasteiger partial charge in [-0.25, -0.2) is 0 Å². The normalized spacial score (nSPS) is 30.6. The summed E-state index contributed by atoms with van der Waals surface area (Å²) in [5, 5.41) is 7.39. The SMILES string of the molecule is CN=C(NC1CCN(CC(C)C)CC1)NC1CC1C1CCCCC1. The highest BCUT2D eigenvalue weighted by Gasteiger charge is 2.43. The van der Waals surface area contributed by atoms with E-state index in [0.717, 1.165) is 23.7 Å². The van der Waals surface area contributed by atoms with E-state index < -0.39 is 0 Å². The number of hydrogen-bond acceptors (Lipinski definition) is 2. The van der Waals surface area contributed by atoms with Crippen molar-refractivity contribution in [3.63, 3.8) is 0 Å². The first kappa shape index (κ1) is 18.0. The highest BCUT2D eigenvalue weighted by molar-refractivity contribution is 5.80. The van der Waals surface area contributed by atoms with Crippen LogP contribution in [0.1, 0.15) is 65.2 Å². The Bertz CT molecular complexity index is 406. The predicted octanol–water partition coefficient (Wildman–Crippen LogP) is 3.24. The van der Waals surface area contributed by atoms with Crippen LogP contribution in [0, 0.1) is 17.8 Å². The molecule has 3 aliphatic rings. The van der Waals surface area contributed by atoms with Crippen molar-refractivity contribution in [3.8, 4) is 0 Å². The second-order valence-corrected chi connectivity index (χ2v) is 8.73. The fourth-order valence-corrected chi connectivity index (χ4v) is 4.78. The maximum absolute atomic E-state index is 4.49. The fourth-order valence-electron chi connectivity index (χ4n) is 4.78. The third kappa shape index (κ3) is 5.11. The van der Waals surface area contributed by atoms with Crippen molar-refractivity contribution in [1.29, 1.82) is 0 Å². The van der Waals surface area contributed by atoms with Crippen molar-refractivity contribution in [1.82, 2.24) is 15.5 Å². The number of nitrogens with zero attached hydrogens (tertiary/aromatic N) is 2. The molecule has 0 aromatic heterocycles. The molecule has 1 saturated heterocycles. The lowest BCUT2D eigenvalue weighted by Crippen LogP contribution is -2.49. The second-order valence-electron chi connectivity index (χ2n) is 8.73. The summed E-state index contributed by atoms with van der Waals surface area (Å²) in [4.78, 5) is 7.10. The molecule has 0 aromatic carbocycles. The molecule has 4 heteroatoms. The summed E-state index contributed by atoms with van der Waals surface area (Å²) in [6.07, 6.45) is 11.1. The van der Waals surface area contributed by atoms with Gasteiger partial charge < -0.3 is 15.5 Å². The third-order valence-electron chi connectivity index (χ3n) is 6.19. The van der Waals surface area contributed by atoms with Crippen LogP contribution in [0.3, 0.4) is 0 Å². The highest BCUT2D eigenvalue weighted by atomic mass is 15.2. The number of hydrogen-bond donors (Lipinski definition) is 2. The first-order valence-corrected chi connectivity index (χ1v) is 10.4. The zero-order valence-corrected chi connectivity index (χ0v) is 16.1. The first-order valence-electron chi connectivity index (χ1n) is 10.4. The van der Waals surface area contributed by atoms with Crippen molar-refractivity contribution < 1.29 is 0 Å². The van der Waals surface area contributed by atoms with E-state index in [1.807, 2.05) is 7.05 Å². The average Bonchev–Trinajstić information content (AvgIpc) is 3.35. The molecule has 1 heterocycles. The third-order valence-corrected chi connectivity index (χ3v) is 6.19. The van der Waals surface area contributed by atoms with Crippen molar-refractivity contribution in [2.75, 3.05) is 26.7 Å². The van der Waals surface area contributed by atoms with Gasteiger partial charge in [0.05, 0.1) is 0 Å². The number of likely N-dealkylation sites (tertiary alicyclic amines) is 1. The highest BCUT2D eigenvalue weighted by Crippen LogP contribution is 2.44. The smallest absolute Gasteiger partial charge is 0.191 e. The first-order chi connectivity index (χ1) is 11.7. The van der Waals surface area contributed by atoms with Crippen LogP contribution in [-0.2, 0) is 0 Å². The Morgan fingerprint density at radius 2 is 1.75 bits per heavy atom. The van der Waals surface area contributed by atoms with Gasteiger partial charge in [-0.05, 0) is 37.0 Å². The van der Waals surface area contributed by atoms with E-state index in [9.17, 15) is 0 Å². The maximum atomic E-state index is 4.49. The Morgan fingerprint density at radius 1 is 1.04 bits per heavy atom. The lowest BCUT2D eigenvalue weighted by molar-refractivity contribution is 0.187. The van der Waals surface area contributed by atoms with Crippen molar-refractivity contribution in [2.45, 2.75) is 77.3 Å². The number of aliphatic imine (C=N–C) groups is 1. The summed E-state index contributed by atoms with van der Waals surface area (Å²) in [6, 6.07) is 1.27. The lowest BCUT2D eigenvalue weighted by Gasteiger charge is -2.34. The van der Waals surface area contributed by atoms with Gasteiger partial charge in [0.15, 0.2) is 5.96 Å². The van der Waals surface area contributed by atoms with Crippen LogP contribution in [0.4, 0.5) is 0 Å². The van der Waals surface area contributed by atoms with Gasteiger partial charge in [-0.15, -0.1) is 0 Å². The van der Waals surface area contributed by atoms with Crippen LogP contribution in [-0.4, -0.2) is 49.6 Å². The standard InChI is InChI=1S/C20H38N4/c1-15(2)14-24-11-9-17(10-12-24)22-20(21-3)23-19-13-18(19)16-7-5-4-6-8-16/h15-19H,4-14H2,1-3H3,(H2,21,22,23). The van der Waals surface area contributed by atoms with E-state index in [1.54, 1.807) is 0 Å². The number of guanidine groups is 1. The molecule has 2 unspecified atom stereocenters. The Morgan fingerprint density at radius 3 is 2.38 bits per heavy atom. The van der Waals surface area contributed by atoms with E-state index in [-0.39, 0.29) is 0 Å². The zero-order valence-electron chi connectivity index (χ0n) is 16.1. The Balaban J connectivity index is 1.37. The van der Waals surface area contributed by atoms with Gasteiger partial charge in [-0.3, -0.25) is 4.99 Å². The van der Waals surface area contributed by atoms with Crippen molar-refractivity contribution in [2.24, 2.45) is 22.7 Å². The Kier molecular flexibility index (Phi) is 6.43. The van der Waals surface area contributed by atoms with Gasteiger partial charge >= 0.3 is 0 Å². The molecule has 0 spiro atoms. The van der Waals surface area contributed by atoms with Gasteiger partial charge in [-0.1, -0.05) is 46.0 Å². The topological polar surface area (TPSA) is 39.7 Å². The molecule has 1 aliphatic heterocycles. The predicted molar refractivity (Wildman–Crippen MR) is 102 cm³/mol. The van der Waals surface area contributed by atoms with Gasteiger partial charge in [0.1, 0.15) is 0 Å². The fraction of sp³-hybridized carbons (Fsp3) is 0.950. The largest absolute Gasteiger partial charge is 0.354 e. The molecule has 0 aromatic rings. The van der Waals surface area contributed by atoms with Gasteiger partial charge in [0.2, 0.25) is 0 Å². The molecule has 2 atom stereocenters. The molecule has 2 N–H and O–H groups in total. The quantitative estimate of drug-likeness (QED) is 0.599. The van der Waals surface area contributed by atoms with Crippen LogP contribution >= 0.6 is 0 Å². The van der Waals surface area contributed by atoms with Crippen LogP contribution in [0.15, 0.2) is 4.99 Å². The number of rotatable bonds is 5. The summed E-state index contributed by atoms with van der Waals surface area (Å²) < 4.78 is 0. The molecule has 0 radical (unpaired) electrons. The Hall–Kier alpha value is -0.770. The van der Waals surface area contributed by atoms with E-state index in [2.05, 4.69) is 34.4 Å². The molecule has 0 bridgehead atoms. The minimum atomic E-state index is 0.589. The van der Waals surface area contributed by atoms with Crippen molar-refractivity contribution >= 4 is 5.96 Å². The van der Waals surface area contributed by atoms with Crippen molar-refractivity contribution in [3.05, 3.63) is 0 Å². The number of piperidine rings is 1. The summed E-state index contributed by atoms with van der Waals surface area (Å²) in [5.74, 6) is 3.71. The van der Waals surface area contributed by atoms with Gasteiger partial charge in [0, 0.05) is 38.8 Å². The van der Waals surface area contributed by atoms with Gasteiger partial charge in [-0.2, -0.15) is 0 Å². The summed E-state index contributed by atoms with van der Waals surface area (Å²) in [7, 11) is 1.92. The van der Waals surface area contributed by atoms with E-state index in [0.29, 0.717) is 12.1 Å². The summed E-state index contributed by atoms with van der Waals surface area (Å²) in [5.41, 5.74) is 0. The van der Waals surface area contributed by atoms with Gasteiger partial charge in [0.25, 0.3) is 0 Å². The molecular weight excluding hydrogens is 296 g/mol. The minimum Gasteiger partial charge on any atom is -0.354 e. The molecule has 4 nitrogen and oxygen atoms in total. The Labute approximate surface area is 148 Å². The van der Waals surface area contributed by atoms with Crippen LogP contribution in [0.2, 0.25) is 0 Å².